The number of ketones is 1. The van der Waals surface area contributed by atoms with Crippen LogP contribution in [0.15, 0.2) is 42.6 Å². The maximum absolute atomic E-state index is 12.7. The van der Waals surface area contributed by atoms with Gasteiger partial charge in [-0.2, -0.15) is 13.2 Å². The first-order valence-electron chi connectivity index (χ1n) is 6.16. The molecule has 0 saturated heterocycles. The van der Waals surface area contributed by atoms with Gasteiger partial charge >= 0.3 is 6.18 Å². The molecule has 2 rings (SSSR count). The van der Waals surface area contributed by atoms with Crippen molar-refractivity contribution in [3.05, 3.63) is 53.7 Å². The molecule has 5 heteroatoms. The summed E-state index contributed by atoms with van der Waals surface area (Å²) in [6.45, 7) is 3.57. The third kappa shape index (κ3) is 2.61. The van der Waals surface area contributed by atoms with E-state index in [2.05, 4.69) is 6.58 Å². The molecule has 1 aliphatic rings. The predicted octanol–water partition coefficient (Wildman–Crippen LogP) is 3.54. The number of halogens is 3. The standard InChI is InChI=1S/C15H14F3NO/c1-2-4-10-8-12(19)13(14(10)20)9-5-3-6-11(7-9)15(16,17)18/h2-3,5-7,10H,1,4,8,19H2. The summed E-state index contributed by atoms with van der Waals surface area (Å²) >= 11 is 0. The highest BCUT2D eigenvalue weighted by molar-refractivity contribution is 6.24. The van der Waals surface area contributed by atoms with Gasteiger partial charge in [-0.15, -0.1) is 6.58 Å². The van der Waals surface area contributed by atoms with E-state index >= 15 is 0 Å². The lowest BCUT2D eigenvalue weighted by Crippen LogP contribution is -2.10. The second-order valence-corrected chi connectivity index (χ2v) is 4.77. The molecule has 0 amide bonds. The second kappa shape index (κ2) is 5.15. The van der Waals surface area contributed by atoms with Crippen LogP contribution in [0.1, 0.15) is 24.0 Å². The van der Waals surface area contributed by atoms with Crippen LogP contribution >= 0.6 is 0 Å². The molecule has 1 aliphatic carbocycles. The molecule has 0 aliphatic heterocycles. The van der Waals surface area contributed by atoms with Crippen molar-refractivity contribution in [2.75, 3.05) is 0 Å². The molecule has 0 heterocycles. The molecule has 1 atom stereocenters. The summed E-state index contributed by atoms with van der Waals surface area (Å²) in [6.07, 6.45) is -1.98. The zero-order valence-corrected chi connectivity index (χ0v) is 10.7. The molecular formula is C15H14F3NO. The summed E-state index contributed by atoms with van der Waals surface area (Å²) in [5.41, 5.74) is 5.83. The molecule has 106 valence electrons. The van der Waals surface area contributed by atoms with Crippen LogP contribution in [0.3, 0.4) is 0 Å². The quantitative estimate of drug-likeness (QED) is 0.861. The zero-order valence-electron chi connectivity index (χ0n) is 10.7. The van der Waals surface area contributed by atoms with Crippen molar-refractivity contribution < 1.29 is 18.0 Å². The normalized spacial score (nSPS) is 19.6. The minimum absolute atomic E-state index is 0.207. The average molecular weight is 281 g/mol. The highest BCUT2D eigenvalue weighted by atomic mass is 19.4. The Morgan fingerprint density at radius 2 is 2.10 bits per heavy atom. The monoisotopic (exact) mass is 281 g/mol. The van der Waals surface area contributed by atoms with Crippen LogP contribution in [0.5, 0.6) is 0 Å². The average Bonchev–Trinajstić information content (AvgIpc) is 2.64. The first kappa shape index (κ1) is 14.4. The Hall–Kier alpha value is -2.04. The van der Waals surface area contributed by atoms with E-state index in [1.807, 2.05) is 0 Å². The molecule has 20 heavy (non-hydrogen) atoms. The first-order chi connectivity index (χ1) is 9.34. The maximum Gasteiger partial charge on any atom is 0.416 e. The van der Waals surface area contributed by atoms with Crippen molar-refractivity contribution in [3.63, 3.8) is 0 Å². The zero-order chi connectivity index (χ0) is 14.9. The summed E-state index contributed by atoms with van der Waals surface area (Å²) in [5.74, 6) is -0.515. The Morgan fingerprint density at radius 3 is 2.70 bits per heavy atom. The molecule has 0 radical (unpaired) electrons. The Morgan fingerprint density at radius 1 is 1.40 bits per heavy atom. The molecule has 2 N–H and O–H groups in total. The Labute approximate surface area is 114 Å². The summed E-state index contributed by atoms with van der Waals surface area (Å²) in [7, 11) is 0. The largest absolute Gasteiger partial charge is 0.416 e. The van der Waals surface area contributed by atoms with Crippen LogP contribution in [0.25, 0.3) is 5.57 Å². The van der Waals surface area contributed by atoms with Gasteiger partial charge in [0.15, 0.2) is 5.78 Å². The predicted molar refractivity (Wildman–Crippen MR) is 70.5 cm³/mol. The van der Waals surface area contributed by atoms with E-state index in [0.717, 1.165) is 12.1 Å². The van der Waals surface area contributed by atoms with Gasteiger partial charge in [0.05, 0.1) is 5.56 Å². The van der Waals surface area contributed by atoms with Gasteiger partial charge in [-0.25, -0.2) is 0 Å². The van der Waals surface area contributed by atoms with Crippen LogP contribution in [0.2, 0.25) is 0 Å². The lowest BCUT2D eigenvalue weighted by Gasteiger charge is -2.10. The van der Waals surface area contributed by atoms with E-state index in [4.69, 9.17) is 5.73 Å². The number of rotatable bonds is 3. The van der Waals surface area contributed by atoms with E-state index in [1.165, 1.54) is 12.1 Å². The lowest BCUT2D eigenvalue weighted by atomic mass is 9.96. The highest BCUT2D eigenvalue weighted by Crippen LogP contribution is 2.36. The summed E-state index contributed by atoms with van der Waals surface area (Å²) in [5, 5.41) is 0. The third-order valence-corrected chi connectivity index (χ3v) is 3.33. The van der Waals surface area contributed by atoms with E-state index in [1.54, 1.807) is 6.08 Å². The number of hydrogen-bond acceptors (Lipinski definition) is 2. The van der Waals surface area contributed by atoms with Gasteiger partial charge in [0.25, 0.3) is 0 Å². The van der Waals surface area contributed by atoms with Gasteiger partial charge in [0.1, 0.15) is 0 Å². The van der Waals surface area contributed by atoms with Crippen LogP contribution in [-0.4, -0.2) is 5.78 Å². The summed E-state index contributed by atoms with van der Waals surface area (Å²) in [6, 6.07) is 4.70. The number of benzene rings is 1. The number of Topliss-reactive ketones (excluding diaryl/α,β-unsaturated/α-hetero) is 1. The summed E-state index contributed by atoms with van der Waals surface area (Å²) in [4.78, 5) is 12.2. The molecule has 2 nitrogen and oxygen atoms in total. The van der Waals surface area contributed by atoms with Gasteiger partial charge in [-0.3, -0.25) is 4.79 Å². The number of allylic oxidation sites excluding steroid dienone is 3. The van der Waals surface area contributed by atoms with Crippen molar-refractivity contribution >= 4 is 11.4 Å². The van der Waals surface area contributed by atoms with Crippen molar-refractivity contribution in [3.8, 4) is 0 Å². The van der Waals surface area contributed by atoms with Crippen molar-refractivity contribution in [1.82, 2.24) is 0 Å². The third-order valence-electron chi connectivity index (χ3n) is 3.33. The van der Waals surface area contributed by atoms with E-state index in [0.29, 0.717) is 18.5 Å². The van der Waals surface area contributed by atoms with Crippen LogP contribution in [-0.2, 0) is 11.0 Å². The summed E-state index contributed by atoms with van der Waals surface area (Å²) < 4.78 is 38.1. The van der Waals surface area contributed by atoms with E-state index < -0.39 is 11.7 Å². The molecular weight excluding hydrogens is 267 g/mol. The van der Waals surface area contributed by atoms with Crippen LogP contribution < -0.4 is 5.73 Å². The molecule has 0 aromatic heterocycles. The van der Waals surface area contributed by atoms with Crippen LogP contribution in [0, 0.1) is 5.92 Å². The SMILES string of the molecule is C=CCC1CC(N)=C(c2cccc(C(F)(F)F)c2)C1=O. The molecule has 1 aromatic rings. The van der Waals surface area contributed by atoms with Crippen molar-refractivity contribution in [2.24, 2.45) is 11.7 Å². The van der Waals surface area contributed by atoms with Crippen LogP contribution in [0.4, 0.5) is 13.2 Å². The van der Waals surface area contributed by atoms with Gasteiger partial charge < -0.3 is 5.73 Å². The Bertz CT molecular complexity index is 587. The smallest absolute Gasteiger partial charge is 0.401 e. The van der Waals surface area contributed by atoms with E-state index in [9.17, 15) is 18.0 Å². The van der Waals surface area contributed by atoms with Crippen molar-refractivity contribution in [2.45, 2.75) is 19.0 Å². The lowest BCUT2D eigenvalue weighted by molar-refractivity contribution is -0.137. The number of carbonyl (C=O) groups excluding carboxylic acids is 1. The van der Waals surface area contributed by atoms with Gasteiger partial charge in [-0.1, -0.05) is 18.2 Å². The molecule has 0 saturated carbocycles. The van der Waals surface area contributed by atoms with Gasteiger partial charge in [-0.05, 0) is 30.5 Å². The topological polar surface area (TPSA) is 43.1 Å². The highest BCUT2D eigenvalue weighted by Gasteiger charge is 2.34. The molecule has 0 bridgehead atoms. The molecule has 0 spiro atoms. The molecule has 1 unspecified atom stereocenters. The minimum atomic E-state index is -4.44. The van der Waals surface area contributed by atoms with Gasteiger partial charge in [0, 0.05) is 17.2 Å². The van der Waals surface area contributed by atoms with E-state index in [-0.39, 0.29) is 22.8 Å². The fraction of sp³-hybridized carbons (Fsp3) is 0.267. The Balaban J connectivity index is 2.39. The fourth-order valence-electron chi connectivity index (χ4n) is 2.39. The number of nitrogens with two attached hydrogens (primary N) is 1. The van der Waals surface area contributed by atoms with Crippen molar-refractivity contribution in [1.29, 1.82) is 0 Å². The Kier molecular flexibility index (Phi) is 3.70. The van der Waals surface area contributed by atoms with Gasteiger partial charge in [0.2, 0.25) is 0 Å². The first-order valence-corrected chi connectivity index (χ1v) is 6.16. The number of hydrogen-bond donors (Lipinski definition) is 1. The number of carbonyl (C=O) groups is 1. The molecule has 1 aromatic carbocycles. The number of alkyl halides is 3. The fourth-order valence-corrected chi connectivity index (χ4v) is 2.39. The minimum Gasteiger partial charge on any atom is -0.401 e. The maximum atomic E-state index is 12.7. The second-order valence-electron chi connectivity index (χ2n) is 4.77. The molecule has 0 fully saturated rings.